The number of rotatable bonds is 5. The van der Waals surface area contributed by atoms with Gasteiger partial charge in [-0.1, -0.05) is 60.7 Å². The Morgan fingerprint density at radius 3 is 1.94 bits per heavy atom. The van der Waals surface area contributed by atoms with Gasteiger partial charge in [-0.05, 0) is 59.3 Å². The van der Waals surface area contributed by atoms with Crippen LogP contribution in [0.25, 0.3) is 22.0 Å². The molecular weight excluding hydrogens is 422 g/mol. The number of fused-ring (bicyclic) bond motifs is 1. The molecule has 0 radical (unpaired) electrons. The highest BCUT2D eigenvalue weighted by atomic mass is 16.2. The number of carbonyl (C=O) groups excluding carboxylic acids is 2. The summed E-state index contributed by atoms with van der Waals surface area (Å²) >= 11 is 0. The number of anilines is 2. The van der Waals surface area contributed by atoms with Gasteiger partial charge in [0.2, 0.25) is 0 Å². The normalized spacial score (nSPS) is 10.6. The van der Waals surface area contributed by atoms with Crippen LogP contribution in [0.5, 0.6) is 0 Å². The molecule has 2 amide bonds. The van der Waals surface area contributed by atoms with Gasteiger partial charge in [0.15, 0.2) is 0 Å². The van der Waals surface area contributed by atoms with Crippen LogP contribution in [0.4, 0.5) is 11.4 Å². The number of hydrogen-bond acceptors (Lipinski definition) is 3. The van der Waals surface area contributed by atoms with Crippen molar-refractivity contribution in [3.63, 3.8) is 0 Å². The molecule has 0 atom stereocenters. The minimum atomic E-state index is -0.179. The first-order valence-corrected chi connectivity index (χ1v) is 10.9. The lowest BCUT2D eigenvalue weighted by atomic mass is 10.1. The van der Waals surface area contributed by atoms with Crippen LogP contribution in [0.1, 0.15) is 20.7 Å². The minimum Gasteiger partial charge on any atom is -0.322 e. The Hall–Kier alpha value is -4.77. The number of hydrogen-bond donors (Lipinski definition) is 2. The van der Waals surface area contributed by atoms with Crippen LogP contribution in [0, 0.1) is 0 Å². The molecule has 0 saturated heterocycles. The highest BCUT2D eigenvalue weighted by Crippen LogP contribution is 2.22. The number of nitrogens with one attached hydrogen (secondary N) is 2. The smallest absolute Gasteiger partial charge is 0.255 e. The Labute approximate surface area is 197 Å². The van der Waals surface area contributed by atoms with Crippen molar-refractivity contribution < 1.29 is 9.59 Å². The molecule has 0 aliphatic rings. The number of aromatic nitrogens is 1. The van der Waals surface area contributed by atoms with Gasteiger partial charge >= 0.3 is 0 Å². The van der Waals surface area contributed by atoms with Gasteiger partial charge in [0, 0.05) is 22.4 Å². The fourth-order valence-electron chi connectivity index (χ4n) is 3.69. The fourth-order valence-corrected chi connectivity index (χ4v) is 3.69. The lowest BCUT2D eigenvalue weighted by Crippen LogP contribution is -2.12. The summed E-state index contributed by atoms with van der Waals surface area (Å²) in [5, 5.41) is 7.91. The summed E-state index contributed by atoms with van der Waals surface area (Å²) in [6, 6.07) is 33.8. The summed E-state index contributed by atoms with van der Waals surface area (Å²) < 4.78 is 0. The molecule has 0 aliphatic carbocycles. The zero-order valence-electron chi connectivity index (χ0n) is 18.2. The first-order chi connectivity index (χ1) is 16.7. The lowest BCUT2D eigenvalue weighted by Gasteiger charge is -2.09. The average Bonchev–Trinajstić information content (AvgIpc) is 2.90. The van der Waals surface area contributed by atoms with Crippen molar-refractivity contribution in [3.8, 4) is 11.3 Å². The summed E-state index contributed by atoms with van der Waals surface area (Å²) in [5.41, 5.74) is 4.20. The monoisotopic (exact) mass is 443 g/mol. The molecule has 1 aromatic heterocycles. The Kier molecular flexibility index (Phi) is 5.82. The van der Waals surface area contributed by atoms with E-state index >= 15 is 0 Å². The third-order valence-electron chi connectivity index (χ3n) is 5.51. The zero-order chi connectivity index (χ0) is 23.3. The molecule has 34 heavy (non-hydrogen) atoms. The van der Waals surface area contributed by atoms with E-state index in [1.54, 1.807) is 18.3 Å². The van der Waals surface area contributed by atoms with Gasteiger partial charge in [0.1, 0.15) is 0 Å². The molecular formula is C29H21N3O2. The first-order valence-electron chi connectivity index (χ1n) is 10.9. The van der Waals surface area contributed by atoms with Crippen molar-refractivity contribution in [1.82, 2.24) is 4.98 Å². The SMILES string of the molecule is O=C(Nc1ccc(-c2ccc(NC(=O)c3ccc4ccccc4c3)cc2)nc1)c1ccccc1. The fraction of sp³-hybridized carbons (Fsp3) is 0. The van der Waals surface area contributed by atoms with Crippen molar-refractivity contribution in [1.29, 1.82) is 0 Å². The van der Waals surface area contributed by atoms with Gasteiger partial charge in [-0.3, -0.25) is 14.6 Å². The van der Waals surface area contributed by atoms with E-state index in [1.807, 2.05) is 97.1 Å². The number of benzene rings is 4. The van der Waals surface area contributed by atoms with Crippen LogP contribution in [0.15, 0.2) is 115 Å². The second-order valence-corrected chi connectivity index (χ2v) is 7.85. The second kappa shape index (κ2) is 9.38. The van der Waals surface area contributed by atoms with Gasteiger partial charge in [0.05, 0.1) is 17.6 Å². The molecule has 5 heteroatoms. The number of nitrogens with zero attached hydrogens (tertiary/aromatic N) is 1. The van der Waals surface area contributed by atoms with Crippen LogP contribution in [0.2, 0.25) is 0 Å². The van der Waals surface area contributed by atoms with Crippen molar-refractivity contribution in [2.45, 2.75) is 0 Å². The highest BCUT2D eigenvalue weighted by Gasteiger charge is 2.09. The van der Waals surface area contributed by atoms with Gasteiger partial charge in [-0.15, -0.1) is 0 Å². The standard InChI is InChI=1S/C29H21N3O2/c33-28(22-7-2-1-3-8-22)32-26-16-17-27(30-19-26)21-12-14-25(15-13-21)31-29(34)24-11-10-20-6-4-5-9-23(20)18-24/h1-19H,(H,31,34)(H,32,33). The van der Waals surface area contributed by atoms with Gasteiger partial charge in [-0.2, -0.15) is 0 Å². The third-order valence-corrected chi connectivity index (χ3v) is 5.51. The van der Waals surface area contributed by atoms with Crippen LogP contribution >= 0.6 is 0 Å². The maximum atomic E-state index is 12.7. The van der Waals surface area contributed by atoms with Crippen molar-refractivity contribution in [3.05, 3.63) is 127 Å². The topological polar surface area (TPSA) is 71.1 Å². The Balaban J connectivity index is 1.24. The molecule has 2 N–H and O–H groups in total. The Bertz CT molecular complexity index is 1460. The first kappa shape index (κ1) is 21.1. The van der Waals surface area contributed by atoms with E-state index in [2.05, 4.69) is 15.6 Å². The molecule has 0 spiro atoms. The molecule has 0 unspecified atom stereocenters. The van der Waals surface area contributed by atoms with E-state index in [4.69, 9.17) is 0 Å². The van der Waals surface area contributed by atoms with Gasteiger partial charge in [0.25, 0.3) is 11.8 Å². The quantitative estimate of drug-likeness (QED) is 0.330. The van der Waals surface area contributed by atoms with E-state index in [-0.39, 0.29) is 11.8 Å². The van der Waals surface area contributed by atoms with Gasteiger partial charge in [-0.25, -0.2) is 0 Å². The van der Waals surface area contributed by atoms with E-state index in [0.717, 1.165) is 22.0 Å². The molecule has 164 valence electrons. The molecule has 0 fully saturated rings. The van der Waals surface area contributed by atoms with Crippen LogP contribution in [0.3, 0.4) is 0 Å². The van der Waals surface area contributed by atoms with E-state index in [9.17, 15) is 9.59 Å². The number of carbonyl (C=O) groups is 2. The third kappa shape index (κ3) is 4.69. The Morgan fingerprint density at radius 1 is 0.559 bits per heavy atom. The Morgan fingerprint density at radius 2 is 1.21 bits per heavy atom. The predicted octanol–water partition coefficient (Wildman–Crippen LogP) is 6.41. The molecule has 0 saturated carbocycles. The van der Waals surface area contributed by atoms with Crippen molar-refractivity contribution in [2.75, 3.05) is 10.6 Å². The minimum absolute atomic E-state index is 0.157. The van der Waals surface area contributed by atoms with Crippen molar-refractivity contribution in [2.24, 2.45) is 0 Å². The maximum Gasteiger partial charge on any atom is 0.255 e. The average molecular weight is 444 g/mol. The second-order valence-electron chi connectivity index (χ2n) is 7.85. The van der Waals surface area contributed by atoms with Crippen molar-refractivity contribution >= 4 is 34.0 Å². The summed E-state index contributed by atoms with van der Waals surface area (Å²) in [4.78, 5) is 29.4. The lowest BCUT2D eigenvalue weighted by molar-refractivity contribution is 0.101. The van der Waals surface area contributed by atoms with Crippen LogP contribution < -0.4 is 10.6 Å². The molecule has 0 aliphatic heterocycles. The zero-order valence-corrected chi connectivity index (χ0v) is 18.2. The van der Waals surface area contributed by atoms with Crippen LogP contribution in [-0.4, -0.2) is 16.8 Å². The molecule has 0 bridgehead atoms. The maximum absolute atomic E-state index is 12.7. The molecule has 5 aromatic rings. The molecule has 5 rings (SSSR count). The summed E-state index contributed by atoms with van der Waals surface area (Å²) in [5.74, 6) is -0.336. The summed E-state index contributed by atoms with van der Waals surface area (Å²) in [6.07, 6.45) is 1.63. The predicted molar refractivity (Wildman–Crippen MR) is 136 cm³/mol. The van der Waals surface area contributed by atoms with E-state index < -0.39 is 0 Å². The summed E-state index contributed by atoms with van der Waals surface area (Å²) in [6.45, 7) is 0. The van der Waals surface area contributed by atoms with E-state index in [0.29, 0.717) is 22.5 Å². The number of amides is 2. The molecule has 4 aromatic carbocycles. The largest absolute Gasteiger partial charge is 0.322 e. The van der Waals surface area contributed by atoms with Crippen LogP contribution in [-0.2, 0) is 0 Å². The van der Waals surface area contributed by atoms with Gasteiger partial charge < -0.3 is 10.6 Å². The summed E-state index contributed by atoms with van der Waals surface area (Å²) in [7, 11) is 0. The van der Waals surface area contributed by atoms with E-state index in [1.165, 1.54) is 0 Å². The molecule has 1 heterocycles. The molecule has 5 nitrogen and oxygen atoms in total. The highest BCUT2D eigenvalue weighted by molar-refractivity contribution is 6.06. The number of pyridine rings is 1.